The van der Waals surface area contributed by atoms with E-state index in [-0.39, 0.29) is 17.9 Å². The van der Waals surface area contributed by atoms with Crippen LogP contribution in [0.25, 0.3) is 0 Å². The molecule has 0 saturated carbocycles. The molecule has 7 nitrogen and oxygen atoms in total. The van der Waals surface area contributed by atoms with Crippen LogP contribution in [0.2, 0.25) is 0 Å². The summed E-state index contributed by atoms with van der Waals surface area (Å²) in [5.74, 6) is -1.69. The van der Waals surface area contributed by atoms with Gasteiger partial charge >= 0.3 is 5.97 Å². The summed E-state index contributed by atoms with van der Waals surface area (Å²) in [6, 6.07) is 5.93. The van der Waals surface area contributed by atoms with Crippen molar-refractivity contribution in [3.8, 4) is 0 Å². The molecule has 8 heteroatoms. The minimum Gasteiger partial charge on any atom is -0.452 e. The molecule has 144 valence electrons. The topological polar surface area (TPSA) is 81.5 Å². The van der Waals surface area contributed by atoms with E-state index in [9.17, 15) is 18.8 Å². The molecule has 0 spiro atoms. The van der Waals surface area contributed by atoms with Crippen molar-refractivity contribution in [1.29, 1.82) is 0 Å². The summed E-state index contributed by atoms with van der Waals surface area (Å²) < 4.78 is 19.4. The Hall–Kier alpha value is -3.03. The van der Waals surface area contributed by atoms with E-state index in [0.29, 0.717) is 23.4 Å². The second kappa shape index (κ2) is 8.57. The van der Waals surface area contributed by atoms with E-state index >= 15 is 0 Å². The van der Waals surface area contributed by atoms with Gasteiger partial charge in [0.1, 0.15) is 11.4 Å². The summed E-state index contributed by atoms with van der Waals surface area (Å²) in [5, 5.41) is 4.00. The molecule has 0 unspecified atom stereocenters. The second-order valence-corrected chi connectivity index (χ2v) is 6.13. The van der Waals surface area contributed by atoms with Crippen molar-refractivity contribution < 1.29 is 18.7 Å². The van der Waals surface area contributed by atoms with Crippen molar-refractivity contribution in [2.45, 2.75) is 27.3 Å². The lowest BCUT2D eigenvalue weighted by atomic mass is 10.1. The van der Waals surface area contributed by atoms with Gasteiger partial charge in [-0.15, -0.1) is 0 Å². The summed E-state index contributed by atoms with van der Waals surface area (Å²) >= 11 is 0. The summed E-state index contributed by atoms with van der Waals surface area (Å²) in [5.41, 5.74) is 0.860. The molecule has 0 fully saturated rings. The van der Waals surface area contributed by atoms with Crippen molar-refractivity contribution in [2.75, 3.05) is 13.2 Å². The highest BCUT2D eigenvalue weighted by molar-refractivity contribution is 5.92. The van der Waals surface area contributed by atoms with Gasteiger partial charge in [-0.05, 0) is 44.0 Å². The van der Waals surface area contributed by atoms with Gasteiger partial charge in [-0.3, -0.25) is 9.59 Å². The highest BCUT2D eigenvalue weighted by Crippen LogP contribution is 2.10. The molecule has 0 N–H and O–H groups in total. The molecule has 1 aromatic heterocycles. The van der Waals surface area contributed by atoms with E-state index in [1.54, 1.807) is 32.9 Å². The molecular weight excluding hydrogens is 353 g/mol. The molecule has 2 aromatic rings. The number of esters is 1. The van der Waals surface area contributed by atoms with Crippen molar-refractivity contribution in [2.24, 2.45) is 7.05 Å². The molecule has 0 aliphatic heterocycles. The van der Waals surface area contributed by atoms with Crippen molar-refractivity contribution in [3.63, 3.8) is 0 Å². The van der Waals surface area contributed by atoms with Gasteiger partial charge in [0.2, 0.25) is 0 Å². The molecule has 0 radical (unpaired) electrons. The van der Waals surface area contributed by atoms with Gasteiger partial charge in [-0.2, -0.15) is 5.10 Å². The predicted octanol–water partition coefficient (Wildman–Crippen LogP) is 1.74. The fourth-order valence-electron chi connectivity index (χ4n) is 2.61. The third-order valence-electron chi connectivity index (χ3n) is 4.25. The number of amides is 1. The Balaban J connectivity index is 2.08. The zero-order valence-corrected chi connectivity index (χ0v) is 15.8. The molecule has 0 aliphatic carbocycles. The number of carbonyl (C=O) groups excluding carboxylic acids is 2. The number of aryl methyl sites for hydroxylation is 2. The average molecular weight is 375 g/mol. The first-order valence-corrected chi connectivity index (χ1v) is 8.48. The lowest BCUT2D eigenvalue weighted by Crippen LogP contribution is -2.35. The predicted molar refractivity (Wildman–Crippen MR) is 96.7 cm³/mol. The van der Waals surface area contributed by atoms with Crippen LogP contribution in [0.15, 0.2) is 29.1 Å². The number of benzene rings is 1. The summed E-state index contributed by atoms with van der Waals surface area (Å²) in [4.78, 5) is 38.3. The summed E-state index contributed by atoms with van der Waals surface area (Å²) in [6.07, 6.45) is 0. The number of halogens is 1. The van der Waals surface area contributed by atoms with E-state index < -0.39 is 24.0 Å². The maximum Gasteiger partial charge on any atom is 0.344 e. The van der Waals surface area contributed by atoms with E-state index in [2.05, 4.69) is 5.10 Å². The first kappa shape index (κ1) is 20.3. The van der Waals surface area contributed by atoms with Crippen LogP contribution in [-0.4, -0.2) is 39.7 Å². The number of hydrogen-bond donors (Lipinski definition) is 0. The Morgan fingerprint density at radius 1 is 1.30 bits per heavy atom. The minimum absolute atomic E-state index is 0.133. The molecule has 1 heterocycles. The quantitative estimate of drug-likeness (QED) is 0.719. The van der Waals surface area contributed by atoms with E-state index in [1.807, 2.05) is 0 Å². The number of aromatic nitrogens is 2. The van der Waals surface area contributed by atoms with Gasteiger partial charge in [-0.1, -0.05) is 12.1 Å². The maximum absolute atomic E-state index is 13.3. The third-order valence-corrected chi connectivity index (χ3v) is 4.25. The SMILES string of the molecule is CCN(Cc1cccc(F)c1)C(=O)COC(=O)c1c(C)c(C)nn(C)c1=O. The Morgan fingerprint density at radius 2 is 2.00 bits per heavy atom. The molecule has 0 aliphatic rings. The minimum atomic E-state index is -0.867. The van der Waals surface area contributed by atoms with Crippen LogP contribution >= 0.6 is 0 Å². The number of hydrogen-bond acceptors (Lipinski definition) is 5. The molecule has 27 heavy (non-hydrogen) atoms. The van der Waals surface area contributed by atoms with Crippen LogP contribution in [0, 0.1) is 19.7 Å². The lowest BCUT2D eigenvalue weighted by Gasteiger charge is -2.21. The summed E-state index contributed by atoms with van der Waals surface area (Å²) in [6.45, 7) is 5.10. The number of carbonyl (C=O) groups is 2. The zero-order chi connectivity index (χ0) is 20.1. The smallest absolute Gasteiger partial charge is 0.344 e. The highest BCUT2D eigenvalue weighted by atomic mass is 19.1. The van der Waals surface area contributed by atoms with Crippen molar-refractivity contribution >= 4 is 11.9 Å². The van der Waals surface area contributed by atoms with Crippen LogP contribution in [0.4, 0.5) is 4.39 Å². The number of rotatable bonds is 6. The van der Waals surface area contributed by atoms with E-state index in [4.69, 9.17) is 4.74 Å². The molecule has 1 amide bonds. The average Bonchev–Trinajstić information content (AvgIpc) is 2.62. The number of ether oxygens (including phenoxy) is 1. The molecule has 0 saturated heterocycles. The van der Waals surface area contributed by atoms with Crippen LogP contribution in [0.5, 0.6) is 0 Å². The van der Waals surface area contributed by atoms with Gasteiger partial charge < -0.3 is 9.64 Å². The largest absolute Gasteiger partial charge is 0.452 e. The van der Waals surface area contributed by atoms with Gasteiger partial charge in [0, 0.05) is 20.1 Å². The lowest BCUT2D eigenvalue weighted by molar-refractivity contribution is -0.134. The fourth-order valence-corrected chi connectivity index (χ4v) is 2.61. The van der Waals surface area contributed by atoms with Crippen LogP contribution in [0.3, 0.4) is 0 Å². The number of nitrogens with zero attached hydrogens (tertiary/aromatic N) is 3. The molecule has 0 atom stereocenters. The standard InChI is InChI=1S/C19H22FN3O4/c1-5-23(10-14-7-6-8-15(20)9-14)16(24)11-27-19(26)17-12(2)13(3)21-22(4)18(17)25/h6-9H,5,10-11H2,1-4H3. The number of likely N-dealkylation sites (N-methyl/N-ethyl adjacent to an activating group) is 1. The summed E-state index contributed by atoms with van der Waals surface area (Å²) in [7, 11) is 1.44. The van der Waals surface area contributed by atoms with Gasteiger partial charge in [-0.25, -0.2) is 13.9 Å². The first-order chi connectivity index (χ1) is 12.7. The van der Waals surface area contributed by atoms with Gasteiger partial charge in [0.05, 0.1) is 5.69 Å². The van der Waals surface area contributed by atoms with Crippen molar-refractivity contribution in [1.82, 2.24) is 14.7 Å². The van der Waals surface area contributed by atoms with Gasteiger partial charge in [0.15, 0.2) is 6.61 Å². The Morgan fingerprint density at radius 3 is 2.63 bits per heavy atom. The van der Waals surface area contributed by atoms with E-state index in [0.717, 1.165) is 4.68 Å². The monoisotopic (exact) mass is 375 g/mol. The molecule has 1 aromatic carbocycles. The normalized spacial score (nSPS) is 10.6. The molecular formula is C19H22FN3O4. The Bertz CT molecular complexity index is 924. The third kappa shape index (κ3) is 4.78. The fraction of sp³-hybridized carbons (Fsp3) is 0.368. The van der Waals surface area contributed by atoms with Gasteiger partial charge in [0.25, 0.3) is 11.5 Å². The molecule has 2 rings (SSSR count). The molecule has 0 bridgehead atoms. The maximum atomic E-state index is 13.3. The van der Waals surface area contributed by atoms with Crippen LogP contribution in [-0.2, 0) is 23.1 Å². The zero-order valence-electron chi connectivity index (χ0n) is 15.8. The Kier molecular flexibility index (Phi) is 6.44. The first-order valence-electron chi connectivity index (χ1n) is 8.48. The van der Waals surface area contributed by atoms with E-state index in [1.165, 1.54) is 24.1 Å². The Labute approximate surface area is 156 Å². The highest BCUT2D eigenvalue weighted by Gasteiger charge is 2.21. The van der Waals surface area contributed by atoms with Crippen LogP contribution < -0.4 is 5.56 Å². The second-order valence-electron chi connectivity index (χ2n) is 6.13. The van der Waals surface area contributed by atoms with Crippen molar-refractivity contribution in [3.05, 3.63) is 62.8 Å². The van der Waals surface area contributed by atoms with Crippen LogP contribution in [0.1, 0.15) is 34.1 Å².